The summed E-state index contributed by atoms with van der Waals surface area (Å²) >= 11 is 0. The van der Waals surface area contributed by atoms with Gasteiger partial charge in [-0.25, -0.2) is 0 Å². The molecule has 0 N–H and O–H groups in total. The highest BCUT2D eigenvalue weighted by Crippen LogP contribution is 2.26. The van der Waals surface area contributed by atoms with Gasteiger partial charge in [0, 0.05) is 5.56 Å². The fourth-order valence-corrected chi connectivity index (χ4v) is 8.94. The number of benzene rings is 4. The van der Waals surface area contributed by atoms with Crippen LogP contribution in [0.5, 0.6) is 0 Å². The molecule has 0 fully saturated rings. The van der Waals surface area contributed by atoms with E-state index in [1.54, 1.807) is 16.4 Å². The second-order valence-electron chi connectivity index (χ2n) is 13.5. The summed E-state index contributed by atoms with van der Waals surface area (Å²) in [6, 6.07) is 23.9. The van der Waals surface area contributed by atoms with Crippen molar-refractivity contribution in [3.05, 3.63) is 122 Å². The topological polar surface area (TPSA) is 17.1 Å². The van der Waals surface area contributed by atoms with Crippen molar-refractivity contribution in [3.8, 4) is 0 Å². The third kappa shape index (κ3) is 7.97. The molecule has 0 radical (unpaired) electrons. The first-order valence-corrected chi connectivity index (χ1v) is 18.5. The van der Waals surface area contributed by atoms with Crippen molar-refractivity contribution >= 4 is 39.2 Å². The Hall–Kier alpha value is -3.04. The van der Waals surface area contributed by atoms with Gasteiger partial charge in [-0.3, -0.25) is 4.79 Å². The maximum absolute atomic E-state index is 11.5. The molecule has 0 saturated carbocycles. The van der Waals surface area contributed by atoms with Gasteiger partial charge in [0.25, 0.3) is 0 Å². The Kier molecular flexibility index (Phi) is 12.3. The quantitative estimate of drug-likeness (QED) is 0.106. The Morgan fingerprint density at radius 3 is 1.23 bits per heavy atom. The van der Waals surface area contributed by atoms with Crippen LogP contribution in [0.2, 0.25) is 6.32 Å². The molecule has 4 rings (SSSR count). The van der Waals surface area contributed by atoms with Crippen LogP contribution >= 0.6 is 0 Å². The zero-order valence-electron chi connectivity index (χ0n) is 29.6. The number of carbonyl (C=O) groups is 1. The lowest BCUT2D eigenvalue weighted by Gasteiger charge is -2.49. The molecule has 0 aromatic heterocycles. The zero-order valence-corrected chi connectivity index (χ0v) is 30.4. The summed E-state index contributed by atoms with van der Waals surface area (Å²) in [6.07, 6.45) is 6.69. The lowest BCUT2D eigenvalue weighted by Crippen LogP contribution is -2.71. The maximum Gasteiger partial charge on any atom is 0.211 e. The number of unbranched alkanes of at least 4 members (excludes halogenated alkanes) is 1. The van der Waals surface area contributed by atoms with Gasteiger partial charge in [-0.1, -0.05) is 137 Å². The van der Waals surface area contributed by atoms with E-state index < -0.39 is 6.15 Å². The van der Waals surface area contributed by atoms with Crippen molar-refractivity contribution < 1.29 is 4.79 Å². The molecule has 0 unspecified atom stereocenters. The highest BCUT2D eigenvalue weighted by molar-refractivity contribution is 7.96. The number of aryl methyl sites for hydroxylation is 9. The summed E-state index contributed by atoms with van der Waals surface area (Å²) in [6.45, 7) is 23.1. The molecule has 0 aliphatic carbocycles. The van der Waals surface area contributed by atoms with Crippen molar-refractivity contribution in [1.82, 2.24) is 0 Å². The Balaban J connectivity index is 0.000000369. The third-order valence-corrected chi connectivity index (χ3v) is 10.0. The highest BCUT2D eigenvalue weighted by Gasteiger charge is 2.36. The summed E-state index contributed by atoms with van der Waals surface area (Å²) in [5, 5.41) is 0. The third-order valence-electron chi connectivity index (χ3n) is 9.20. The summed E-state index contributed by atoms with van der Waals surface area (Å²) in [7, 11) is 0.204. The molecule has 0 aliphatic heterocycles. The maximum atomic E-state index is 11.5. The van der Waals surface area contributed by atoms with Crippen molar-refractivity contribution in [3.63, 3.8) is 0 Å². The van der Waals surface area contributed by atoms with Crippen molar-refractivity contribution in [2.45, 2.75) is 88.4 Å². The minimum atomic E-state index is -1.11. The molecule has 0 bridgehead atoms. The first-order chi connectivity index (χ1) is 20.7. The molecule has 0 atom stereocenters. The number of Topliss-reactive ketones (excluding diaryl/α,β-unsaturated/α-hetero) is 1. The molecule has 4 aromatic rings. The number of carbonyl (C=O) groups excluding carboxylic acids is 1. The molecule has 0 heterocycles. The molecular weight excluding hydrogens is 551 g/mol. The summed E-state index contributed by atoms with van der Waals surface area (Å²) in [4.78, 5) is 11.5. The van der Waals surface area contributed by atoms with Gasteiger partial charge in [-0.05, 0) is 73.2 Å². The van der Waals surface area contributed by atoms with Gasteiger partial charge in [0.05, 0.1) is 18.7 Å². The molecule has 0 amide bonds. The van der Waals surface area contributed by atoms with Crippen LogP contribution in [-0.2, 0) is 10.9 Å². The van der Waals surface area contributed by atoms with E-state index in [4.69, 9.17) is 0 Å². The average Bonchev–Trinajstić information content (AvgIpc) is 2.90. The monoisotopic (exact) mass is 606 g/mol. The molecule has 1 nitrogen and oxygen atoms in total. The van der Waals surface area contributed by atoms with Crippen molar-refractivity contribution in [1.29, 1.82) is 0 Å². The van der Waals surface area contributed by atoms with E-state index in [2.05, 4.69) is 118 Å². The van der Waals surface area contributed by atoms with Gasteiger partial charge in [0.2, 0.25) is 5.78 Å². The fraction of sp³-hybridized carbons (Fsp3) is 0.390. The fourth-order valence-electron chi connectivity index (χ4n) is 8.25. The second kappa shape index (κ2) is 15.3. The van der Waals surface area contributed by atoms with Crippen LogP contribution in [0.15, 0.2) is 66.7 Å². The van der Waals surface area contributed by atoms with E-state index in [0.29, 0.717) is 5.75 Å². The summed E-state index contributed by atoms with van der Waals surface area (Å²) < 4.78 is 0. The molecule has 0 spiro atoms. The van der Waals surface area contributed by atoms with Crippen LogP contribution in [-0.4, -0.2) is 30.2 Å². The van der Waals surface area contributed by atoms with Crippen LogP contribution < -0.4 is 16.4 Å². The normalized spacial score (nSPS) is 11.4. The molecule has 3 heteroatoms. The largest absolute Gasteiger partial charge is 0.289 e. The number of rotatable bonds is 9. The standard InChI is InChI=1S/C31H42B.C10H13OS/c1-11-12-13-32(29-23(5)14-20(2)15-24(29)6,30-25(7)16-21(3)17-26(30)8)31-27(9)18-22(4)19-28(31)10;1-12(2)8-10(11)9-6-4-3-5-7-9/h14-19H,11-13H2,1-10H3;3-7H,8H2,1-2H3/q-1;+1. The Morgan fingerprint density at radius 2 is 0.932 bits per heavy atom. The lowest BCUT2D eigenvalue weighted by atomic mass is 9.11. The predicted octanol–water partition coefficient (Wildman–Crippen LogP) is 8.48. The second-order valence-corrected chi connectivity index (χ2v) is 15.8. The van der Waals surface area contributed by atoms with E-state index in [0.717, 1.165) is 5.56 Å². The summed E-state index contributed by atoms with van der Waals surface area (Å²) in [5.74, 6) is 0.924. The van der Waals surface area contributed by atoms with Crippen molar-refractivity contribution in [2.75, 3.05) is 18.3 Å². The first kappa shape index (κ1) is 35.4. The number of hydrogen-bond acceptors (Lipinski definition) is 1. The first-order valence-electron chi connectivity index (χ1n) is 16.3. The van der Waals surface area contributed by atoms with Gasteiger partial charge in [-0.2, -0.15) is 22.7 Å². The van der Waals surface area contributed by atoms with E-state index in [1.807, 2.05) is 30.3 Å². The van der Waals surface area contributed by atoms with E-state index in [1.165, 1.54) is 69.2 Å². The minimum absolute atomic E-state index is 0.204. The lowest BCUT2D eigenvalue weighted by molar-refractivity contribution is 0.102. The predicted molar refractivity (Wildman–Crippen MR) is 201 cm³/mol. The Labute approximate surface area is 272 Å². The number of hydrogen-bond donors (Lipinski definition) is 0. The van der Waals surface area contributed by atoms with E-state index >= 15 is 0 Å². The van der Waals surface area contributed by atoms with Gasteiger partial charge in [0.1, 0.15) is 0 Å². The van der Waals surface area contributed by atoms with Crippen LogP contribution in [0.4, 0.5) is 0 Å². The van der Waals surface area contributed by atoms with Crippen LogP contribution in [0.3, 0.4) is 0 Å². The Morgan fingerprint density at radius 1 is 0.591 bits per heavy atom. The van der Waals surface area contributed by atoms with Gasteiger partial charge >= 0.3 is 0 Å². The van der Waals surface area contributed by atoms with Crippen LogP contribution in [0.1, 0.15) is 80.2 Å². The van der Waals surface area contributed by atoms with Crippen LogP contribution in [0.25, 0.3) is 0 Å². The number of ketones is 1. The molecule has 4 aromatic carbocycles. The van der Waals surface area contributed by atoms with Gasteiger partial charge in [-0.15, -0.1) is 0 Å². The van der Waals surface area contributed by atoms with E-state index in [-0.39, 0.29) is 16.7 Å². The minimum Gasteiger partial charge on any atom is -0.289 e. The highest BCUT2D eigenvalue weighted by atomic mass is 32.2. The van der Waals surface area contributed by atoms with Gasteiger partial charge < -0.3 is 0 Å². The van der Waals surface area contributed by atoms with Gasteiger partial charge in [0.15, 0.2) is 5.75 Å². The van der Waals surface area contributed by atoms with E-state index in [9.17, 15) is 4.79 Å². The Bertz CT molecular complexity index is 1390. The molecule has 234 valence electrons. The molecule has 0 aliphatic rings. The SMILES string of the molecule is CCCC[B-](c1c(C)cc(C)cc1C)(c1c(C)cc(C)cc1C)c1c(C)cc(C)cc1C.C[S+](C)CC(=O)c1ccccc1. The molecule has 0 saturated heterocycles. The van der Waals surface area contributed by atoms with Crippen LogP contribution in [0, 0.1) is 62.3 Å². The average molecular weight is 607 g/mol. The zero-order chi connectivity index (χ0) is 32.8. The van der Waals surface area contributed by atoms with Crippen molar-refractivity contribution in [2.24, 2.45) is 0 Å². The summed E-state index contributed by atoms with van der Waals surface area (Å²) in [5.41, 5.74) is 18.3. The molecule has 44 heavy (non-hydrogen) atoms. The molecular formula is C41H55BOS. The smallest absolute Gasteiger partial charge is 0.211 e.